The van der Waals surface area contributed by atoms with Crippen LogP contribution >= 0.6 is 0 Å². The predicted octanol–water partition coefficient (Wildman–Crippen LogP) is 3.45. The van der Waals surface area contributed by atoms with E-state index in [1.165, 1.54) is 24.3 Å². The standard InChI is InChI=1S/C25H28FN3O4/c1-15(2)16-5-4-13-24(29-23(31)28-18-10-8-17(26)9-11-18)22(30)21-19(6-3-7-20(21)27)25(24,32)33-14-12-16/h4-6,8-12,15,32H,3,7,13-14,27H2,1-2H3,(H2,28,29,31). The van der Waals surface area contributed by atoms with Crippen LogP contribution in [0.15, 0.2) is 71.0 Å². The number of halogens is 1. The fourth-order valence-electron chi connectivity index (χ4n) is 4.59. The number of carbonyl (C=O) groups excluding carboxylic acids is 2. The summed E-state index contributed by atoms with van der Waals surface area (Å²) in [5.74, 6) is -2.85. The molecule has 1 aliphatic heterocycles. The lowest BCUT2D eigenvalue weighted by Gasteiger charge is -2.40. The molecule has 8 heteroatoms. The number of ether oxygens (including phenoxy) is 1. The lowest BCUT2D eigenvalue weighted by atomic mass is 9.85. The first-order chi connectivity index (χ1) is 15.7. The number of carbonyl (C=O) groups is 2. The molecular formula is C25H28FN3O4. The maximum absolute atomic E-state index is 13.8. The molecule has 174 valence electrons. The highest BCUT2D eigenvalue weighted by Gasteiger charge is 2.67. The molecule has 0 saturated heterocycles. The predicted molar refractivity (Wildman–Crippen MR) is 122 cm³/mol. The van der Waals surface area contributed by atoms with E-state index < -0.39 is 29.0 Å². The fraction of sp³-hybridized carbons (Fsp3) is 0.360. The number of Topliss-reactive ketones (excluding diaryl/α,β-unsaturated/α-hetero) is 1. The summed E-state index contributed by atoms with van der Waals surface area (Å²) in [7, 11) is 0. The second kappa shape index (κ2) is 8.61. The second-order valence-electron chi connectivity index (χ2n) is 8.80. The van der Waals surface area contributed by atoms with Gasteiger partial charge in [0.1, 0.15) is 5.82 Å². The third kappa shape index (κ3) is 3.89. The van der Waals surface area contributed by atoms with Crippen molar-refractivity contribution in [2.24, 2.45) is 11.7 Å². The van der Waals surface area contributed by atoms with Crippen LogP contribution in [0, 0.1) is 11.7 Å². The number of allylic oxidation sites excluding steroid dienone is 4. The van der Waals surface area contributed by atoms with Crippen molar-refractivity contribution in [3.05, 3.63) is 76.8 Å². The summed E-state index contributed by atoms with van der Waals surface area (Å²) >= 11 is 0. The van der Waals surface area contributed by atoms with Gasteiger partial charge in [-0.25, -0.2) is 9.18 Å². The smallest absolute Gasteiger partial charge is 0.320 e. The average Bonchev–Trinajstić information content (AvgIpc) is 2.98. The van der Waals surface area contributed by atoms with Gasteiger partial charge in [0.05, 0.1) is 6.61 Å². The largest absolute Gasteiger partial charge is 0.401 e. The molecule has 7 nitrogen and oxygen atoms in total. The van der Waals surface area contributed by atoms with Crippen molar-refractivity contribution in [2.75, 3.05) is 11.9 Å². The van der Waals surface area contributed by atoms with E-state index in [2.05, 4.69) is 10.6 Å². The van der Waals surface area contributed by atoms with Gasteiger partial charge in [-0.1, -0.05) is 38.2 Å². The van der Waals surface area contributed by atoms with Gasteiger partial charge in [-0.15, -0.1) is 0 Å². The van der Waals surface area contributed by atoms with Crippen LogP contribution < -0.4 is 16.4 Å². The summed E-state index contributed by atoms with van der Waals surface area (Å²) in [5, 5.41) is 17.2. The van der Waals surface area contributed by atoms with Crippen LogP contribution in [0.25, 0.3) is 0 Å². The van der Waals surface area contributed by atoms with Gasteiger partial charge in [-0.3, -0.25) is 4.79 Å². The molecule has 0 bridgehead atoms. The number of aliphatic hydroxyl groups is 1. The molecule has 1 heterocycles. The summed E-state index contributed by atoms with van der Waals surface area (Å²) < 4.78 is 19.2. The van der Waals surface area contributed by atoms with E-state index in [-0.39, 0.29) is 30.1 Å². The Bertz CT molecular complexity index is 1100. The Labute approximate surface area is 191 Å². The minimum Gasteiger partial charge on any atom is -0.401 e. The second-order valence-corrected chi connectivity index (χ2v) is 8.80. The van der Waals surface area contributed by atoms with Gasteiger partial charge < -0.3 is 26.2 Å². The van der Waals surface area contributed by atoms with Crippen molar-refractivity contribution in [3.63, 3.8) is 0 Å². The Balaban J connectivity index is 1.76. The number of rotatable bonds is 3. The lowest BCUT2D eigenvalue weighted by molar-refractivity contribution is -0.203. The summed E-state index contributed by atoms with van der Waals surface area (Å²) in [6.45, 7) is 4.10. The average molecular weight is 454 g/mol. The molecule has 2 atom stereocenters. The number of anilines is 1. The van der Waals surface area contributed by atoms with Crippen LogP contribution in [0.3, 0.4) is 0 Å². The molecule has 0 spiro atoms. The molecule has 33 heavy (non-hydrogen) atoms. The van der Waals surface area contributed by atoms with E-state index in [1.54, 1.807) is 12.2 Å². The molecule has 1 saturated carbocycles. The van der Waals surface area contributed by atoms with Crippen LogP contribution in [0.2, 0.25) is 0 Å². The van der Waals surface area contributed by atoms with Gasteiger partial charge in [0, 0.05) is 29.0 Å². The van der Waals surface area contributed by atoms with E-state index in [1.807, 2.05) is 26.0 Å². The molecule has 0 aromatic heterocycles. The maximum atomic E-state index is 13.8. The molecule has 4 rings (SSSR count). The zero-order valence-corrected chi connectivity index (χ0v) is 18.7. The van der Waals surface area contributed by atoms with E-state index in [0.29, 0.717) is 24.2 Å². The summed E-state index contributed by atoms with van der Waals surface area (Å²) in [4.78, 5) is 26.8. The Hall–Kier alpha value is -3.23. The highest BCUT2D eigenvalue weighted by molar-refractivity contribution is 6.14. The molecule has 1 fully saturated rings. The number of ketones is 1. The fourth-order valence-corrected chi connectivity index (χ4v) is 4.59. The Morgan fingerprint density at radius 1 is 1.24 bits per heavy atom. The molecule has 2 amide bonds. The highest BCUT2D eigenvalue weighted by Crippen LogP contribution is 2.50. The summed E-state index contributed by atoms with van der Waals surface area (Å²) in [6.07, 6.45) is 8.25. The zero-order valence-electron chi connectivity index (χ0n) is 18.7. The first-order valence-corrected chi connectivity index (χ1v) is 11.0. The normalized spacial score (nSPS) is 27.1. The van der Waals surface area contributed by atoms with Gasteiger partial charge in [0.15, 0.2) is 11.3 Å². The minimum absolute atomic E-state index is 0.0165. The molecule has 2 unspecified atom stereocenters. The zero-order chi connectivity index (χ0) is 23.8. The van der Waals surface area contributed by atoms with Crippen LogP contribution in [0.5, 0.6) is 0 Å². The van der Waals surface area contributed by atoms with Gasteiger partial charge >= 0.3 is 6.03 Å². The first-order valence-electron chi connectivity index (χ1n) is 11.0. The number of fused-ring (bicyclic) bond motifs is 3. The Morgan fingerprint density at radius 2 is 1.97 bits per heavy atom. The Kier molecular flexibility index (Phi) is 5.99. The van der Waals surface area contributed by atoms with E-state index in [9.17, 15) is 19.1 Å². The SMILES string of the molecule is CC(C)C1=CCOC2(O)C3=CCCC(N)=C3C(=O)C2(NC(=O)Nc2ccc(F)cc2)CC=C1. The van der Waals surface area contributed by atoms with Crippen molar-refractivity contribution >= 4 is 17.5 Å². The van der Waals surface area contributed by atoms with E-state index in [4.69, 9.17) is 10.5 Å². The number of nitrogens with two attached hydrogens (primary N) is 1. The minimum atomic E-state index is -2.11. The Morgan fingerprint density at radius 3 is 2.67 bits per heavy atom. The van der Waals surface area contributed by atoms with Crippen molar-refractivity contribution in [3.8, 4) is 0 Å². The quantitative estimate of drug-likeness (QED) is 0.560. The van der Waals surface area contributed by atoms with Crippen LogP contribution in [-0.4, -0.2) is 34.9 Å². The maximum Gasteiger partial charge on any atom is 0.320 e. The number of urea groups is 1. The van der Waals surface area contributed by atoms with Gasteiger partial charge in [-0.2, -0.15) is 0 Å². The molecule has 0 radical (unpaired) electrons. The van der Waals surface area contributed by atoms with Crippen molar-refractivity contribution < 1.29 is 23.8 Å². The summed E-state index contributed by atoms with van der Waals surface area (Å²) in [6, 6.07) is 4.48. The van der Waals surface area contributed by atoms with Crippen molar-refractivity contribution in [1.29, 1.82) is 0 Å². The third-order valence-electron chi connectivity index (χ3n) is 6.35. The van der Waals surface area contributed by atoms with Gasteiger partial charge in [-0.05, 0) is 48.6 Å². The number of benzene rings is 1. The van der Waals surface area contributed by atoms with Crippen molar-refractivity contribution in [2.45, 2.75) is 44.4 Å². The van der Waals surface area contributed by atoms with Crippen LogP contribution in [-0.2, 0) is 9.53 Å². The summed E-state index contributed by atoms with van der Waals surface area (Å²) in [5.41, 5.74) is 6.52. The van der Waals surface area contributed by atoms with Crippen molar-refractivity contribution in [1.82, 2.24) is 5.32 Å². The molecule has 1 aromatic carbocycles. The molecule has 1 aromatic rings. The molecule has 5 N–H and O–H groups in total. The topological polar surface area (TPSA) is 114 Å². The number of amides is 2. The number of hydrogen-bond donors (Lipinski definition) is 4. The van der Waals surface area contributed by atoms with Crippen LogP contribution in [0.4, 0.5) is 14.9 Å². The van der Waals surface area contributed by atoms with E-state index in [0.717, 1.165) is 5.57 Å². The molecular weight excluding hydrogens is 425 g/mol. The third-order valence-corrected chi connectivity index (χ3v) is 6.35. The van der Waals surface area contributed by atoms with Gasteiger partial charge in [0.25, 0.3) is 0 Å². The molecule has 3 aliphatic rings. The molecule has 2 aliphatic carbocycles. The first kappa shape index (κ1) is 22.9. The number of hydrogen-bond acceptors (Lipinski definition) is 5. The van der Waals surface area contributed by atoms with Crippen LogP contribution in [0.1, 0.15) is 33.1 Å². The highest BCUT2D eigenvalue weighted by atomic mass is 19.1. The monoisotopic (exact) mass is 453 g/mol. The number of nitrogens with one attached hydrogen (secondary N) is 2. The lowest BCUT2D eigenvalue weighted by Crippen LogP contribution is -2.66. The van der Waals surface area contributed by atoms with Gasteiger partial charge in [0.2, 0.25) is 5.79 Å². The van der Waals surface area contributed by atoms with E-state index >= 15 is 0 Å².